The van der Waals surface area contributed by atoms with E-state index in [1.54, 1.807) is 19.3 Å². The molecule has 0 bridgehead atoms. The van der Waals surface area contributed by atoms with Crippen LogP contribution in [-0.2, 0) is 9.53 Å². The number of ether oxygens (including phenoxy) is 1. The molecule has 6 heteroatoms. The van der Waals surface area contributed by atoms with Crippen LogP contribution in [0.2, 0.25) is 0 Å². The molecular weight excluding hydrogens is 336 g/mol. The van der Waals surface area contributed by atoms with E-state index in [0.717, 1.165) is 36.8 Å². The number of carbonyl (C=O) groups is 2. The van der Waals surface area contributed by atoms with Gasteiger partial charge in [0.25, 0.3) is 0 Å². The van der Waals surface area contributed by atoms with Gasteiger partial charge in [0.2, 0.25) is 5.91 Å². The molecule has 2 aromatic rings. The summed E-state index contributed by atoms with van der Waals surface area (Å²) in [6.45, 7) is 1.78. The average molecular weight is 358 g/mol. The van der Waals surface area contributed by atoms with Crippen LogP contribution >= 0.6 is 11.3 Å². The second-order valence-corrected chi connectivity index (χ2v) is 7.04. The van der Waals surface area contributed by atoms with Crippen LogP contribution in [0, 0.1) is 0 Å². The van der Waals surface area contributed by atoms with Gasteiger partial charge in [-0.2, -0.15) is 0 Å². The molecule has 0 spiro atoms. The average Bonchev–Trinajstić information content (AvgIpc) is 3.06. The molecule has 5 nitrogen and oxygen atoms in total. The van der Waals surface area contributed by atoms with Gasteiger partial charge < -0.3 is 10.1 Å². The van der Waals surface area contributed by atoms with E-state index in [0.29, 0.717) is 17.0 Å². The highest BCUT2D eigenvalue weighted by Crippen LogP contribution is 2.37. The zero-order valence-corrected chi connectivity index (χ0v) is 15.1. The van der Waals surface area contributed by atoms with E-state index in [1.807, 2.05) is 17.5 Å². The lowest BCUT2D eigenvalue weighted by Gasteiger charge is -2.22. The second kappa shape index (κ2) is 8.25. The van der Waals surface area contributed by atoms with Crippen LogP contribution in [0.4, 0.5) is 5.00 Å². The number of nitrogens with zero attached hydrogens (tertiary/aromatic N) is 1. The van der Waals surface area contributed by atoms with Crippen molar-refractivity contribution >= 4 is 28.2 Å². The Hall–Kier alpha value is -2.21. The highest BCUT2D eigenvalue weighted by atomic mass is 32.1. The van der Waals surface area contributed by atoms with Gasteiger partial charge in [-0.15, -0.1) is 11.3 Å². The van der Waals surface area contributed by atoms with Crippen LogP contribution in [0.25, 0.3) is 11.1 Å². The zero-order chi connectivity index (χ0) is 17.6. The summed E-state index contributed by atoms with van der Waals surface area (Å²) >= 11 is 1.35. The first-order valence-electron chi connectivity index (χ1n) is 8.71. The first kappa shape index (κ1) is 17.6. The summed E-state index contributed by atoms with van der Waals surface area (Å²) in [6, 6.07) is 3.70. The lowest BCUT2D eigenvalue weighted by molar-refractivity contribution is -0.115. The molecule has 1 fully saturated rings. The highest BCUT2D eigenvalue weighted by Gasteiger charge is 2.26. The SMILES string of the molecule is CCC(=O)Nc1scc(-c2ccncc2)c1C(=O)OC1CCCCC1. The summed E-state index contributed by atoms with van der Waals surface area (Å²) in [5.41, 5.74) is 2.11. The molecule has 1 saturated carbocycles. The van der Waals surface area contributed by atoms with Crippen molar-refractivity contribution in [2.24, 2.45) is 0 Å². The fourth-order valence-electron chi connectivity index (χ4n) is 3.00. The molecule has 25 heavy (non-hydrogen) atoms. The molecule has 0 atom stereocenters. The molecule has 2 aromatic heterocycles. The minimum Gasteiger partial charge on any atom is -0.459 e. The molecule has 0 radical (unpaired) electrons. The lowest BCUT2D eigenvalue weighted by Crippen LogP contribution is -2.22. The second-order valence-electron chi connectivity index (χ2n) is 6.16. The maximum atomic E-state index is 12.9. The molecule has 1 aliphatic carbocycles. The molecular formula is C19H22N2O3S. The Labute approximate surface area is 151 Å². The Morgan fingerprint density at radius 3 is 2.64 bits per heavy atom. The number of amides is 1. The van der Waals surface area contributed by atoms with Crippen molar-refractivity contribution < 1.29 is 14.3 Å². The van der Waals surface area contributed by atoms with E-state index in [2.05, 4.69) is 10.3 Å². The fraction of sp³-hybridized carbons (Fsp3) is 0.421. The molecule has 1 N–H and O–H groups in total. The predicted molar refractivity (Wildman–Crippen MR) is 98.8 cm³/mol. The number of anilines is 1. The van der Waals surface area contributed by atoms with Crippen LogP contribution in [0.1, 0.15) is 55.8 Å². The third-order valence-electron chi connectivity index (χ3n) is 4.39. The van der Waals surface area contributed by atoms with Crippen LogP contribution < -0.4 is 5.32 Å². The number of pyridine rings is 1. The van der Waals surface area contributed by atoms with Crippen molar-refractivity contribution in [2.45, 2.75) is 51.6 Å². The van der Waals surface area contributed by atoms with E-state index < -0.39 is 0 Å². The Kier molecular flexibility index (Phi) is 5.81. The number of rotatable bonds is 5. The molecule has 0 saturated heterocycles. The molecule has 0 aliphatic heterocycles. The Morgan fingerprint density at radius 2 is 1.96 bits per heavy atom. The standard InChI is InChI=1S/C19H22N2O3S/c1-2-16(22)21-18-17(19(23)24-14-6-4-3-5-7-14)15(12-25-18)13-8-10-20-11-9-13/h8-12,14H,2-7H2,1H3,(H,21,22). The van der Waals surface area contributed by atoms with Gasteiger partial charge in [0.1, 0.15) is 16.7 Å². The van der Waals surface area contributed by atoms with Gasteiger partial charge in [0.05, 0.1) is 0 Å². The van der Waals surface area contributed by atoms with Crippen molar-refractivity contribution in [2.75, 3.05) is 5.32 Å². The van der Waals surface area contributed by atoms with Gasteiger partial charge in [0.15, 0.2) is 0 Å². The monoisotopic (exact) mass is 358 g/mol. The van der Waals surface area contributed by atoms with Crippen LogP contribution in [0.5, 0.6) is 0 Å². The summed E-state index contributed by atoms with van der Waals surface area (Å²) in [4.78, 5) is 28.7. The molecule has 3 rings (SSSR count). The van der Waals surface area contributed by atoms with Gasteiger partial charge in [-0.25, -0.2) is 4.79 Å². The fourth-order valence-corrected chi connectivity index (χ4v) is 3.98. The van der Waals surface area contributed by atoms with E-state index in [4.69, 9.17) is 4.74 Å². The van der Waals surface area contributed by atoms with Crippen molar-refractivity contribution in [3.8, 4) is 11.1 Å². The first-order chi connectivity index (χ1) is 12.2. The minimum absolute atomic E-state index is 0.0267. The smallest absolute Gasteiger partial charge is 0.342 e. The van der Waals surface area contributed by atoms with Crippen molar-refractivity contribution in [1.82, 2.24) is 4.98 Å². The highest BCUT2D eigenvalue weighted by molar-refractivity contribution is 7.15. The summed E-state index contributed by atoms with van der Waals surface area (Å²) in [5, 5.41) is 5.27. The third kappa shape index (κ3) is 4.25. The van der Waals surface area contributed by atoms with E-state index in [9.17, 15) is 9.59 Å². The van der Waals surface area contributed by atoms with Crippen molar-refractivity contribution in [1.29, 1.82) is 0 Å². The zero-order valence-electron chi connectivity index (χ0n) is 14.3. The summed E-state index contributed by atoms with van der Waals surface area (Å²) in [7, 11) is 0. The predicted octanol–water partition coefficient (Wildman–Crippen LogP) is 4.65. The third-order valence-corrected chi connectivity index (χ3v) is 5.28. The number of nitrogens with one attached hydrogen (secondary N) is 1. The van der Waals surface area contributed by atoms with Crippen LogP contribution in [-0.4, -0.2) is 23.0 Å². The molecule has 132 valence electrons. The number of hydrogen-bond acceptors (Lipinski definition) is 5. The summed E-state index contributed by atoms with van der Waals surface area (Å²) in [6.07, 6.45) is 8.93. The Bertz CT molecular complexity index is 736. The minimum atomic E-state index is -0.355. The molecule has 2 heterocycles. The Morgan fingerprint density at radius 1 is 1.24 bits per heavy atom. The largest absolute Gasteiger partial charge is 0.459 e. The van der Waals surface area contributed by atoms with E-state index >= 15 is 0 Å². The van der Waals surface area contributed by atoms with E-state index in [1.165, 1.54) is 17.8 Å². The molecule has 1 aliphatic rings. The maximum absolute atomic E-state index is 12.9. The van der Waals surface area contributed by atoms with E-state index in [-0.39, 0.29) is 18.0 Å². The summed E-state index contributed by atoms with van der Waals surface area (Å²) < 4.78 is 5.75. The van der Waals surface area contributed by atoms with Crippen molar-refractivity contribution in [3.05, 3.63) is 35.5 Å². The topological polar surface area (TPSA) is 68.3 Å². The Balaban J connectivity index is 1.91. The number of carbonyl (C=O) groups excluding carboxylic acids is 2. The molecule has 1 amide bonds. The first-order valence-corrected chi connectivity index (χ1v) is 9.59. The number of thiophene rings is 1. The van der Waals surface area contributed by atoms with Gasteiger partial charge in [-0.3, -0.25) is 9.78 Å². The maximum Gasteiger partial charge on any atom is 0.342 e. The normalized spacial score (nSPS) is 14.9. The molecule has 0 aromatic carbocycles. The van der Waals surface area contributed by atoms with Crippen LogP contribution in [0.15, 0.2) is 29.9 Å². The van der Waals surface area contributed by atoms with Gasteiger partial charge in [-0.1, -0.05) is 13.3 Å². The number of hydrogen-bond donors (Lipinski definition) is 1. The lowest BCUT2D eigenvalue weighted by atomic mass is 9.97. The quantitative estimate of drug-likeness (QED) is 0.790. The van der Waals surface area contributed by atoms with Gasteiger partial charge in [-0.05, 0) is 43.4 Å². The van der Waals surface area contributed by atoms with Crippen LogP contribution in [0.3, 0.4) is 0 Å². The number of aromatic nitrogens is 1. The van der Waals surface area contributed by atoms with Gasteiger partial charge >= 0.3 is 5.97 Å². The summed E-state index contributed by atoms with van der Waals surface area (Å²) in [5.74, 6) is -0.471. The van der Waals surface area contributed by atoms with Crippen molar-refractivity contribution in [3.63, 3.8) is 0 Å². The van der Waals surface area contributed by atoms with Gasteiger partial charge in [0, 0.05) is 29.8 Å². The molecule has 0 unspecified atom stereocenters. The number of esters is 1.